The van der Waals surface area contributed by atoms with E-state index in [1.807, 2.05) is 22.6 Å². The smallest absolute Gasteiger partial charge is 0.320 e. The molecule has 0 saturated heterocycles. The Balaban J connectivity index is 2.63. The number of amides is 1. The Kier molecular flexibility index (Phi) is 5.80. The monoisotopic (exact) mass is 385 g/mol. The van der Waals surface area contributed by atoms with Crippen molar-refractivity contribution in [3.05, 3.63) is 34.6 Å². The molecule has 18 heavy (non-hydrogen) atoms. The van der Waals surface area contributed by atoms with Gasteiger partial charge in [-0.15, -0.1) is 0 Å². The summed E-state index contributed by atoms with van der Waals surface area (Å²) >= 11 is 7.59. The number of rotatable bonds is 4. The molecule has 7 heteroatoms. The molecule has 4 nitrogen and oxygen atoms in total. The van der Waals surface area contributed by atoms with Gasteiger partial charge in [0.15, 0.2) is 0 Å². The number of hydrogen-bond acceptors (Lipinski definition) is 3. The fourth-order valence-corrected chi connectivity index (χ4v) is 1.89. The molecule has 1 rings (SSSR count). The Morgan fingerprint density at radius 3 is 2.78 bits per heavy atom. The zero-order valence-corrected chi connectivity index (χ0v) is 12.3. The second-order valence-electron chi connectivity index (χ2n) is 3.32. The molecule has 1 unspecified atom stereocenters. The van der Waals surface area contributed by atoms with Crippen LogP contribution in [-0.2, 0) is 9.53 Å². The summed E-state index contributed by atoms with van der Waals surface area (Å²) in [5.74, 6) is -1.41. The molecular weight excluding hydrogens is 375 g/mol. The fourth-order valence-electron chi connectivity index (χ4n) is 1.16. The first-order chi connectivity index (χ1) is 8.45. The van der Waals surface area contributed by atoms with Gasteiger partial charge in [0.2, 0.25) is 0 Å². The van der Waals surface area contributed by atoms with Gasteiger partial charge in [-0.2, -0.15) is 0 Å². The van der Waals surface area contributed by atoms with E-state index in [2.05, 4.69) is 10.1 Å². The second-order valence-corrected chi connectivity index (χ2v) is 5.24. The Hall–Kier alpha value is -0.890. The van der Waals surface area contributed by atoms with Crippen molar-refractivity contribution in [2.75, 3.05) is 13.7 Å². The average Bonchev–Trinajstić information content (AvgIpc) is 2.34. The number of alkyl halides is 1. The van der Waals surface area contributed by atoms with Crippen LogP contribution in [0.3, 0.4) is 0 Å². The molecule has 0 radical (unpaired) electrons. The standard InChI is InChI=1S/C11H10ClFINO3/c1-18-11(17)9(14)5-15-10(16)7-3-2-6(13)4-8(7)12/h2-4,9H,5H2,1H3,(H,15,16). The van der Waals surface area contributed by atoms with E-state index in [4.69, 9.17) is 11.6 Å². The summed E-state index contributed by atoms with van der Waals surface area (Å²) in [6, 6.07) is 3.48. The van der Waals surface area contributed by atoms with Gasteiger partial charge < -0.3 is 10.1 Å². The summed E-state index contributed by atoms with van der Waals surface area (Å²) in [7, 11) is 1.27. The first-order valence-electron chi connectivity index (χ1n) is 4.91. The topological polar surface area (TPSA) is 55.4 Å². The molecule has 0 aliphatic rings. The molecule has 1 aromatic carbocycles. The lowest BCUT2D eigenvalue weighted by Gasteiger charge is -2.10. The van der Waals surface area contributed by atoms with Gasteiger partial charge in [0.25, 0.3) is 5.91 Å². The summed E-state index contributed by atoms with van der Waals surface area (Å²) in [6.07, 6.45) is 0. The highest BCUT2D eigenvalue weighted by Gasteiger charge is 2.17. The van der Waals surface area contributed by atoms with Gasteiger partial charge in [-0.3, -0.25) is 9.59 Å². The van der Waals surface area contributed by atoms with E-state index < -0.39 is 21.6 Å². The van der Waals surface area contributed by atoms with Gasteiger partial charge >= 0.3 is 5.97 Å². The molecule has 0 bridgehead atoms. The average molecular weight is 386 g/mol. The third kappa shape index (κ3) is 4.09. The van der Waals surface area contributed by atoms with Gasteiger partial charge in [-0.05, 0) is 18.2 Å². The van der Waals surface area contributed by atoms with Crippen LogP contribution in [0.2, 0.25) is 5.02 Å². The SMILES string of the molecule is COC(=O)C(I)CNC(=O)c1ccc(F)cc1Cl. The molecule has 0 heterocycles. The van der Waals surface area contributed by atoms with Crippen LogP contribution in [0.25, 0.3) is 0 Å². The highest BCUT2D eigenvalue weighted by Crippen LogP contribution is 2.17. The maximum absolute atomic E-state index is 12.8. The molecule has 0 aliphatic carbocycles. The number of ether oxygens (including phenoxy) is 1. The predicted molar refractivity (Wildman–Crippen MR) is 73.6 cm³/mol. The molecule has 0 saturated carbocycles. The van der Waals surface area contributed by atoms with Crippen LogP contribution in [-0.4, -0.2) is 29.5 Å². The van der Waals surface area contributed by atoms with Crippen LogP contribution in [0.4, 0.5) is 4.39 Å². The van der Waals surface area contributed by atoms with Crippen molar-refractivity contribution in [3.63, 3.8) is 0 Å². The lowest BCUT2D eigenvalue weighted by Crippen LogP contribution is -2.34. The molecule has 0 spiro atoms. The van der Waals surface area contributed by atoms with Crippen molar-refractivity contribution < 1.29 is 18.7 Å². The number of carbonyl (C=O) groups is 2. The van der Waals surface area contributed by atoms with Crippen molar-refractivity contribution in [1.82, 2.24) is 5.32 Å². The van der Waals surface area contributed by atoms with Crippen LogP contribution in [0.15, 0.2) is 18.2 Å². The van der Waals surface area contributed by atoms with Gasteiger partial charge in [-0.1, -0.05) is 34.2 Å². The molecular formula is C11H10ClFINO3. The van der Waals surface area contributed by atoms with Crippen molar-refractivity contribution in [1.29, 1.82) is 0 Å². The molecule has 1 aromatic rings. The second kappa shape index (κ2) is 6.89. The Morgan fingerprint density at radius 2 is 2.22 bits per heavy atom. The number of halogens is 3. The van der Waals surface area contributed by atoms with E-state index >= 15 is 0 Å². The maximum Gasteiger partial charge on any atom is 0.320 e. The van der Waals surface area contributed by atoms with Gasteiger partial charge in [0.05, 0.1) is 17.7 Å². The Bertz CT molecular complexity index is 470. The van der Waals surface area contributed by atoms with Gasteiger partial charge in [0.1, 0.15) is 9.74 Å². The first kappa shape index (κ1) is 15.2. The van der Waals surface area contributed by atoms with E-state index in [0.717, 1.165) is 12.1 Å². The van der Waals surface area contributed by atoms with Gasteiger partial charge in [0, 0.05) is 6.54 Å². The summed E-state index contributed by atoms with van der Waals surface area (Å²) in [6.45, 7) is 0.111. The molecule has 1 atom stereocenters. The number of esters is 1. The summed E-state index contributed by atoms with van der Waals surface area (Å²) < 4.78 is 16.8. The van der Waals surface area contributed by atoms with Crippen LogP contribution in [0.1, 0.15) is 10.4 Å². The largest absolute Gasteiger partial charge is 0.468 e. The third-order valence-electron chi connectivity index (χ3n) is 2.07. The van der Waals surface area contributed by atoms with E-state index in [1.54, 1.807) is 0 Å². The minimum absolute atomic E-state index is 0.0237. The molecule has 1 N–H and O–H groups in total. The molecule has 1 amide bonds. The molecule has 0 aromatic heterocycles. The third-order valence-corrected chi connectivity index (χ3v) is 3.34. The Morgan fingerprint density at radius 1 is 1.56 bits per heavy atom. The van der Waals surface area contributed by atoms with Crippen molar-refractivity contribution in [2.24, 2.45) is 0 Å². The van der Waals surface area contributed by atoms with E-state index in [9.17, 15) is 14.0 Å². The van der Waals surface area contributed by atoms with Crippen LogP contribution in [0.5, 0.6) is 0 Å². The van der Waals surface area contributed by atoms with E-state index in [0.29, 0.717) is 0 Å². The number of hydrogen-bond donors (Lipinski definition) is 1. The first-order valence-corrected chi connectivity index (χ1v) is 6.53. The van der Waals surface area contributed by atoms with E-state index in [1.165, 1.54) is 13.2 Å². The summed E-state index contributed by atoms with van der Waals surface area (Å²) in [4.78, 5) is 22.8. The quantitative estimate of drug-likeness (QED) is 0.491. The minimum Gasteiger partial charge on any atom is -0.468 e. The lowest BCUT2D eigenvalue weighted by atomic mass is 10.2. The summed E-state index contributed by atoms with van der Waals surface area (Å²) in [5.41, 5.74) is 0.159. The van der Waals surface area contributed by atoms with Crippen LogP contribution < -0.4 is 5.32 Å². The highest BCUT2D eigenvalue weighted by molar-refractivity contribution is 14.1. The van der Waals surface area contributed by atoms with E-state index in [-0.39, 0.29) is 17.1 Å². The van der Waals surface area contributed by atoms with Crippen LogP contribution >= 0.6 is 34.2 Å². The normalized spacial score (nSPS) is 11.8. The molecule has 98 valence electrons. The number of nitrogens with one attached hydrogen (secondary N) is 1. The lowest BCUT2D eigenvalue weighted by molar-refractivity contribution is -0.139. The number of benzene rings is 1. The van der Waals surface area contributed by atoms with Gasteiger partial charge in [-0.25, -0.2) is 4.39 Å². The maximum atomic E-state index is 12.8. The molecule has 0 aliphatic heterocycles. The Labute approximate surface area is 122 Å². The highest BCUT2D eigenvalue weighted by atomic mass is 127. The van der Waals surface area contributed by atoms with Crippen molar-refractivity contribution in [2.45, 2.75) is 3.92 Å². The van der Waals surface area contributed by atoms with Crippen molar-refractivity contribution >= 4 is 46.1 Å². The van der Waals surface area contributed by atoms with Crippen molar-refractivity contribution in [3.8, 4) is 0 Å². The zero-order valence-electron chi connectivity index (χ0n) is 9.38. The number of carbonyl (C=O) groups excluding carboxylic acids is 2. The fraction of sp³-hybridized carbons (Fsp3) is 0.273. The minimum atomic E-state index is -0.516. The molecule has 0 fully saturated rings. The zero-order chi connectivity index (χ0) is 13.7. The predicted octanol–water partition coefficient (Wildman–Crippen LogP) is 2.19. The summed E-state index contributed by atoms with van der Waals surface area (Å²) in [5, 5.41) is 2.54. The van der Waals surface area contributed by atoms with Crippen LogP contribution in [0, 0.1) is 5.82 Å². The number of methoxy groups -OCH3 is 1.